The standard InChI is InChI=1S/C17H17F3N4O/c1-9-3-5-10(6-4-9)7-11-12-13(16(2,21)8-22-11)23-15(25)24-14(12)17(18,19)20/h3-7,22H,8,21H2,1-2H3,(H,23,24,25)/b11-7-. The molecule has 1 atom stereocenters. The number of hydrogen-bond donors (Lipinski definition) is 3. The van der Waals surface area contributed by atoms with Gasteiger partial charge in [-0.25, -0.2) is 4.79 Å². The average molecular weight is 350 g/mol. The first-order valence-corrected chi connectivity index (χ1v) is 7.61. The van der Waals surface area contributed by atoms with Gasteiger partial charge in [0, 0.05) is 12.2 Å². The normalized spacial score (nSPS) is 21.8. The van der Waals surface area contributed by atoms with Crippen molar-refractivity contribution in [1.82, 2.24) is 15.3 Å². The number of nitrogens with one attached hydrogen (secondary N) is 2. The number of nitrogens with two attached hydrogens (primary N) is 1. The minimum absolute atomic E-state index is 0.0249. The maximum atomic E-state index is 13.5. The monoisotopic (exact) mass is 350 g/mol. The van der Waals surface area contributed by atoms with Crippen molar-refractivity contribution in [2.75, 3.05) is 6.54 Å². The lowest BCUT2D eigenvalue weighted by Gasteiger charge is -2.35. The Kier molecular flexibility index (Phi) is 3.95. The maximum Gasteiger partial charge on any atom is 0.434 e. The summed E-state index contributed by atoms with van der Waals surface area (Å²) in [4.78, 5) is 17.2. The molecule has 0 aliphatic carbocycles. The van der Waals surface area contributed by atoms with Gasteiger partial charge >= 0.3 is 11.9 Å². The summed E-state index contributed by atoms with van der Waals surface area (Å²) >= 11 is 0. The van der Waals surface area contributed by atoms with E-state index in [1.54, 1.807) is 25.1 Å². The van der Waals surface area contributed by atoms with Gasteiger partial charge in [0.05, 0.1) is 16.8 Å². The Hall–Kier alpha value is -2.61. The van der Waals surface area contributed by atoms with Gasteiger partial charge in [0.1, 0.15) is 0 Å². The van der Waals surface area contributed by atoms with Gasteiger partial charge in [-0.05, 0) is 25.5 Å². The quantitative estimate of drug-likeness (QED) is 0.737. The Balaban J connectivity index is 2.27. The molecule has 2 aromatic rings. The van der Waals surface area contributed by atoms with Gasteiger partial charge in [0.25, 0.3) is 0 Å². The number of rotatable bonds is 1. The van der Waals surface area contributed by atoms with E-state index in [-0.39, 0.29) is 23.5 Å². The molecular formula is C17H17F3N4O. The summed E-state index contributed by atoms with van der Waals surface area (Å²) in [5, 5.41) is 2.93. The van der Waals surface area contributed by atoms with Crippen LogP contribution in [0.25, 0.3) is 11.8 Å². The second kappa shape index (κ2) is 5.73. The SMILES string of the molecule is Cc1ccc(/C=C2\NCC(C)(N)c3[nH]c(=O)nc(C(F)(F)F)c32)cc1. The molecule has 0 saturated carbocycles. The first-order valence-electron chi connectivity index (χ1n) is 7.61. The van der Waals surface area contributed by atoms with Crippen LogP contribution in [0.4, 0.5) is 13.2 Å². The fourth-order valence-electron chi connectivity index (χ4n) is 2.78. The molecular weight excluding hydrogens is 333 g/mol. The molecule has 3 rings (SSSR count). The molecule has 132 valence electrons. The first kappa shape index (κ1) is 17.2. The van der Waals surface area contributed by atoms with E-state index in [9.17, 15) is 18.0 Å². The van der Waals surface area contributed by atoms with Crippen LogP contribution in [0.5, 0.6) is 0 Å². The first-order chi connectivity index (χ1) is 11.6. The molecule has 0 radical (unpaired) electrons. The molecule has 4 N–H and O–H groups in total. The Labute approximate surface area is 141 Å². The maximum absolute atomic E-state index is 13.5. The Morgan fingerprint density at radius 3 is 2.52 bits per heavy atom. The number of nitrogens with zero attached hydrogens (tertiary/aromatic N) is 1. The van der Waals surface area contributed by atoms with Crippen LogP contribution in [0.2, 0.25) is 0 Å². The molecule has 0 spiro atoms. The Morgan fingerprint density at radius 2 is 1.92 bits per heavy atom. The number of benzene rings is 1. The van der Waals surface area contributed by atoms with E-state index < -0.39 is 23.1 Å². The van der Waals surface area contributed by atoms with Crippen LogP contribution in [-0.2, 0) is 11.7 Å². The molecule has 0 amide bonds. The summed E-state index contributed by atoms with van der Waals surface area (Å²) in [6, 6.07) is 7.32. The molecule has 0 fully saturated rings. The van der Waals surface area contributed by atoms with Gasteiger partial charge in [0.2, 0.25) is 0 Å². The summed E-state index contributed by atoms with van der Waals surface area (Å²) in [7, 11) is 0. The lowest BCUT2D eigenvalue weighted by atomic mass is 9.87. The third-order valence-electron chi connectivity index (χ3n) is 4.08. The predicted octanol–water partition coefficient (Wildman–Crippen LogP) is 2.37. The van der Waals surface area contributed by atoms with Crippen molar-refractivity contribution in [1.29, 1.82) is 0 Å². The molecule has 5 nitrogen and oxygen atoms in total. The minimum atomic E-state index is -4.78. The molecule has 25 heavy (non-hydrogen) atoms. The Bertz CT molecular complexity index is 875. The molecule has 1 aliphatic heterocycles. The topological polar surface area (TPSA) is 83.8 Å². The summed E-state index contributed by atoms with van der Waals surface area (Å²) in [6.45, 7) is 3.65. The number of H-pyrrole nitrogens is 1. The molecule has 1 aromatic carbocycles. The number of fused-ring (bicyclic) bond motifs is 1. The zero-order valence-electron chi connectivity index (χ0n) is 13.7. The van der Waals surface area contributed by atoms with Crippen molar-refractivity contribution in [2.24, 2.45) is 5.73 Å². The second-order valence-corrected chi connectivity index (χ2v) is 6.38. The van der Waals surface area contributed by atoms with Crippen molar-refractivity contribution >= 4 is 11.8 Å². The summed E-state index contributed by atoms with van der Waals surface area (Å²) in [5.74, 6) is 0. The molecule has 2 heterocycles. The number of halogens is 3. The fraction of sp³-hybridized carbons (Fsp3) is 0.294. The van der Waals surface area contributed by atoms with Gasteiger partial charge in [-0.3, -0.25) is 0 Å². The van der Waals surface area contributed by atoms with E-state index in [4.69, 9.17) is 5.73 Å². The lowest BCUT2D eigenvalue weighted by Crippen LogP contribution is -2.50. The molecule has 1 aromatic heterocycles. The largest absolute Gasteiger partial charge is 0.434 e. The number of hydrogen-bond acceptors (Lipinski definition) is 4. The van der Waals surface area contributed by atoms with E-state index in [2.05, 4.69) is 15.3 Å². The third kappa shape index (κ3) is 3.30. The van der Waals surface area contributed by atoms with E-state index in [0.29, 0.717) is 0 Å². The number of alkyl halides is 3. The van der Waals surface area contributed by atoms with Gasteiger partial charge in [-0.2, -0.15) is 18.2 Å². The van der Waals surface area contributed by atoms with E-state index >= 15 is 0 Å². The number of aryl methyl sites for hydroxylation is 1. The Morgan fingerprint density at radius 1 is 1.28 bits per heavy atom. The van der Waals surface area contributed by atoms with E-state index in [1.807, 2.05) is 19.1 Å². The molecule has 0 bridgehead atoms. The molecule has 1 aliphatic rings. The second-order valence-electron chi connectivity index (χ2n) is 6.38. The fourth-order valence-corrected chi connectivity index (χ4v) is 2.78. The van der Waals surface area contributed by atoms with Crippen molar-refractivity contribution in [3.8, 4) is 0 Å². The number of aromatic nitrogens is 2. The summed E-state index contributed by atoms with van der Waals surface area (Å²) in [6.07, 6.45) is -3.19. The highest BCUT2D eigenvalue weighted by Gasteiger charge is 2.42. The third-order valence-corrected chi connectivity index (χ3v) is 4.08. The molecule has 8 heteroatoms. The van der Waals surface area contributed by atoms with Crippen LogP contribution >= 0.6 is 0 Å². The highest BCUT2D eigenvalue weighted by atomic mass is 19.4. The zero-order valence-corrected chi connectivity index (χ0v) is 13.7. The van der Waals surface area contributed by atoms with Crippen LogP contribution in [0.3, 0.4) is 0 Å². The van der Waals surface area contributed by atoms with E-state index in [1.165, 1.54) is 0 Å². The van der Waals surface area contributed by atoms with Crippen LogP contribution in [0.15, 0.2) is 29.1 Å². The molecule has 0 saturated heterocycles. The molecule has 1 unspecified atom stereocenters. The average Bonchev–Trinajstić information content (AvgIpc) is 2.51. The highest BCUT2D eigenvalue weighted by molar-refractivity contribution is 5.84. The summed E-state index contributed by atoms with van der Waals surface area (Å²) in [5.41, 5.74) is 4.40. The van der Waals surface area contributed by atoms with Gasteiger partial charge < -0.3 is 16.0 Å². The van der Waals surface area contributed by atoms with Crippen molar-refractivity contribution in [3.63, 3.8) is 0 Å². The lowest BCUT2D eigenvalue weighted by molar-refractivity contribution is -0.141. The zero-order chi connectivity index (χ0) is 18.4. The van der Waals surface area contributed by atoms with Gasteiger partial charge in [-0.1, -0.05) is 29.8 Å². The smallest absolute Gasteiger partial charge is 0.382 e. The van der Waals surface area contributed by atoms with Crippen molar-refractivity contribution in [3.05, 3.63) is 62.8 Å². The van der Waals surface area contributed by atoms with E-state index in [0.717, 1.165) is 11.1 Å². The van der Waals surface area contributed by atoms with Gasteiger partial charge in [0.15, 0.2) is 5.69 Å². The minimum Gasteiger partial charge on any atom is -0.382 e. The van der Waals surface area contributed by atoms with Crippen LogP contribution in [0.1, 0.15) is 35.0 Å². The van der Waals surface area contributed by atoms with Crippen molar-refractivity contribution in [2.45, 2.75) is 25.6 Å². The van der Waals surface area contributed by atoms with Crippen LogP contribution in [0, 0.1) is 6.92 Å². The van der Waals surface area contributed by atoms with Crippen molar-refractivity contribution < 1.29 is 13.2 Å². The van der Waals surface area contributed by atoms with Crippen LogP contribution < -0.4 is 16.7 Å². The van der Waals surface area contributed by atoms with Gasteiger partial charge in [-0.15, -0.1) is 0 Å². The number of aromatic amines is 1. The highest BCUT2D eigenvalue weighted by Crippen LogP contribution is 2.38. The van der Waals surface area contributed by atoms with Crippen LogP contribution in [-0.4, -0.2) is 16.5 Å². The summed E-state index contributed by atoms with van der Waals surface area (Å²) < 4.78 is 40.4. The predicted molar refractivity (Wildman–Crippen MR) is 88.5 cm³/mol.